The van der Waals surface area contributed by atoms with Crippen molar-refractivity contribution in [2.75, 3.05) is 42.7 Å². The van der Waals surface area contributed by atoms with Gasteiger partial charge in [0.2, 0.25) is 15.9 Å². The molecule has 0 atom stereocenters. The lowest BCUT2D eigenvalue weighted by atomic mass is 10.1. The molecule has 0 saturated carbocycles. The summed E-state index contributed by atoms with van der Waals surface area (Å²) in [5.74, 6) is -0.187. The number of amides is 1. The molecule has 2 aromatic carbocycles. The van der Waals surface area contributed by atoms with Gasteiger partial charge in [0.25, 0.3) is 0 Å². The molecule has 2 N–H and O–H groups in total. The lowest BCUT2D eigenvalue weighted by molar-refractivity contribution is -0.119. The van der Waals surface area contributed by atoms with E-state index >= 15 is 0 Å². The van der Waals surface area contributed by atoms with Gasteiger partial charge in [0.05, 0.1) is 24.1 Å². The van der Waals surface area contributed by atoms with E-state index in [0.29, 0.717) is 26.2 Å². The van der Waals surface area contributed by atoms with Crippen molar-refractivity contribution in [2.45, 2.75) is 6.42 Å². The first kappa shape index (κ1) is 21.2. The van der Waals surface area contributed by atoms with Crippen molar-refractivity contribution in [3.63, 3.8) is 0 Å². The number of rotatable bonds is 5. The monoisotopic (exact) mass is 432 g/mol. The molecular weight excluding hydrogens is 408 g/mol. The zero-order valence-electron chi connectivity index (χ0n) is 16.2. The van der Waals surface area contributed by atoms with Gasteiger partial charge in [-0.25, -0.2) is 8.42 Å². The summed E-state index contributed by atoms with van der Waals surface area (Å²) in [4.78, 5) is 14.3. The largest absolute Gasteiger partial charge is 0.367 e. The van der Waals surface area contributed by atoms with Crippen LogP contribution < -0.4 is 15.5 Å². The van der Waals surface area contributed by atoms with Crippen molar-refractivity contribution in [1.29, 1.82) is 0 Å². The van der Waals surface area contributed by atoms with E-state index in [0.717, 1.165) is 16.9 Å². The molecule has 29 heavy (non-hydrogen) atoms. The highest BCUT2D eigenvalue weighted by Crippen LogP contribution is 2.27. The molecule has 1 aliphatic heterocycles. The Kier molecular flexibility index (Phi) is 6.83. The van der Waals surface area contributed by atoms with Crippen LogP contribution >= 0.6 is 12.2 Å². The van der Waals surface area contributed by atoms with Crippen LogP contribution in [-0.2, 0) is 21.2 Å². The maximum Gasteiger partial charge on any atom is 0.230 e. The number of nitrogens with zero attached hydrogens (tertiary/aromatic N) is 2. The molecule has 1 fully saturated rings. The molecule has 1 aliphatic rings. The Balaban J connectivity index is 1.60. The number of carbonyl (C=O) groups excluding carboxylic acids is 1. The van der Waals surface area contributed by atoms with Crippen LogP contribution in [0.15, 0.2) is 54.6 Å². The molecule has 3 rings (SSSR count). The molecule has 1 heterocycles. The Labute approximate surface area is 176 Å². The van der Waals surface area contributed by atoms with Gasteiger partial charge in [-0.05, 0) is 29.9 Å². The Morgan fingerprint density at radius 3 is 2.28 bits per heavy atom. The van der Waals surface area contributed by atoms with Gasteiger partial charge in [0.1, 0.15) is 0 Å². The van der Waals surface area contributed by atoms with Gasteiger partial charge in [-0.15, -0.1) is 0 Å². The second-order valence-electron chi connectivity index (χ2n) is 6.83. The van der Waals surface area contributed by atoms with Crippen LogP contribution in [-0.4, -0.2) is 56.2 Å². The summed E-state index contributed by atoms with van der Waals surface area (Å²) in [7, 11) is -3.18. The molecular formula is C20H24N4O3S2. The smallest absolute Gasteiger partial charge is 0.230 e. The third-order valence-electron chi connectivity index (χ3n) is 4.66. The maximum atomic E-state index is 12.2. The third kappa shape index (κ3) is 5.99. The van der Waals surface area contributed by atoms with E-state index in [4.69, 9.17) is 12.2 Å². The summed E-state index contributed by atoms with van der Waals surface area (Å²) in [6, 6.07) is 17.1. The molecule has 2 aromatic rings. The van der Waals surface area contributed by atoms with Crippen LogP contribution in [0.3, 0.4) is 0 Å². The standard InChI is InChI=1S/C20H24N4O3S2/c1-29(26,27)24-13-11-23(12-14-24)18-10-6-5-9-17(18)21-20(28)22-19(25)15-16-7-3-2-4-8-16/h2-10H,11-15H2,1H3,(H2,21,22,25,28). The number of anilines is 2. The SMILES string of the molecule is CS(=O)(=O)N1CCN(c2ccccc2NC(=S)NC(=O)Cc2ccccc2)CC1. The number of sulfonamides is 1. The first-order chi connectivity index (χ1) is 13.8. The summed E-state index contributed by atoms with van der Waals surface area (Å²) >= 11 is 5.31. The first-order valence-corrected chi connectivity index (χ1v) is 11.5. The number of hydrogen-bond donors (Lipinski definition) is 2. The fourth-order valence-electron chi connectivity index (χ4n) is 3.22. The van der Waals surface area contributed by atoms with Crippen molar-refractivity contribution >= 4 is 44.6 Å². The molecule has 0 spiro atoms. The molecule has 0 aromatic heterocycles. The van der Waals surface area contributed by atoms with E-state index in [1.54, 1.807) is 0 Å². The average molecular weight is 433 g/mol. The summed E-state index contributed by atoms with van der Waals surface area (Å²) in [5.41, 5.74) is 2.60. The van der Waals surface area contributed by atoms with Crippen molar-refractivity contribution < 1.29 is 13.2 Å². The summed E-state index contributed by atoms with van der Waals surface area (Å²) < 4.78 is 24.9. The van der Waals surface area contributed by atoms with E-state index in [-0.39, 0.29) is 17.4 Å². The van der Waals surface area contributed by atoms with Gasteiger partial charge in [0.15, 0.2) is 5.11 Å². The van der Waals surface area contributed by atoms with Gasteiger partial charge in [-0.1, -0.05) is 42.5 Å². The number of para-hydroxylation sites is 2. The topological polar surface area (TPSA) is 81.8 Å². The van der Waals surface area contributed by atoms with Crippen LogP contribution in [0.5, 0.6) is 0 Å². The molecule has 0 radical (unpaired) electrons. The Morgan fingerprint density at radius 2 is 1.62 bits per heavy atom. The van der Waals surface area contributed by atoms with E-state index < -0.39 is 10.0 Å². The number of piperazine rings is 1. The lowest BCUT2D eigenvalue weighted by Gasteiger charge is -2.35. The van der Waals surface area contributed by atoms with Gasteiger partial charge in [0, 0.05) is 26.2 Å². The molecule has 0 aliphatic carbocycles. The number of benzene rings is 2. The predicted octanol–water partition coefficient (Wildman–Crippen LogP) is 1.82. The van der Waals surface area contributed by atoms with Crippen molar-refractivity contribution in [3.05, 3.63) is 60.2 Å². The average Bonchev–Trinajstić information content (AvgIpc) is 2.68. The summed E-state index contributed by atoms with van der Waals surface area (Å²) in [5, 5.41) is 6.03. The molecule has 7 nitrogen and oxygen atoms in total. The van der Waals surface area contributed by atoms with Crippen LogP contribution in [0.2, 0.25) is 0 Å². The van der Waals surface area contributed by atoms with E-state index in [1.165, 1.54) is 10.6 Å². The Hall–Kier alpha value is -2.49. The normalized spacial score (nSPS) is 15.0. The van der Waals surface area contributed by atoms with Crippen molar-refractivity contribution in [2.24, 2.45) is 0 Å². The fraction of sp³-hybridized carbons (Fsp3) is 0.300. The highest BCUT2D eigenvalue weighted by atomic mass is 32.2. The van der Waals surface area contributed by atoms with E-state index in [2.05, 4.69) is 15.5 Å². The quantitative estimate of drug-likeness (QED) is 0.702. The van der Waals surface area contributed by atoms with Crippen LogP contribution in [0.1, 0.15) is 5.56 Å². The molecule has 0 unspecified atom stereocenters. The number of thiocarbonyl (C=S) groups is 1. The second-order valence-corrected chi connectivity index (χ2v) is 9.22. The first-order valence-electron chi connectivity index (χ1n) is 9.27. The minimum absolute atomic E-state index is 0.187. The third-order valence-corrected chi connectivity index (χ3v) is 6.17. The van der Waals surface area contributed by atoms with Crippen LogP contribution in [0.25, 0.3) is 0 Å². The van der Waals surface area contributed by atoms with Crippen molar-refractivity contribution in [1.82, 2.24) is 9.62 Å². The van der Waals surface area contributed by atoms with Gasteiger partial charge in [-0.3, -0.25) is 4.79 Å². The van der Waals surface area contributed by atoms with Crippen molar-refractivity contribution in [3.8, 4) is 0 Å². The lowest BCUT2D eigenvalue weighted by Crippen LogP contribution is -2.48. The maximum absolute atomic E-state index is 12.2. The van der Waals surface area contributed by atoms with E-state index in [1.807, 2.05) is 54.6 Å². The fourth-order valence-corrected chi connectivity index (χ4v) is 4.27. The van der Waals surface area contributed by atoms with Gasteiger partial charge >= 0.3 is 0 Å². The molecule has 154 valence electrons. The van der Waals surface area contributed by atoms with E-state index in [9.17, 15) is 13.2 Å². The number of carbonyl (C=O) groups is 1. The van der Waals surface area contributed by atoms with Gasteiger partial charge < -0.3 is 15.5 Å². The predicted molar refractivity (Wildman–Crippen MR) is 120 cm³/mol. The minimum Gasteiger partial charge on any atom is -0.367 e. The summed E-state index contributed by atoms with van der Waals surface area (Å²) in [6.45, 7) is 2.04. The van der Waals surface area contributed by atoms with Crippen LogP contribution in [0.4, 0.5) is 11.4 Å². The molecule has 1 amide bonds. The molecule has 9 heteroatoms. The highest BCUT2D eigenvalue weighted by molar-refractivity contribution is 7.88. The zero-order valence-corrected chi connectivity index (χ0v) is 17.8. The highest BCUT2D eigenvalue weighted by Gasteiger charge is 2.24. The summed E-state index contributed by atoms with van der Waals surface area (Å²) in [6.07, 6.45) is 1.48. The zero-order chi connectivity index (χ0) is 20.9. The second kappa shape index (κ2) is 9.34. The Bertz CT molecular complexity index is 972. The van der Waals surface area contributed by atoms with Crippen LogP contribution in [0, 0.1) is 0 Å². The number of nitrogens with one attached hydrogen (secondary N) is 2. The van der Waals surface area contributed by atoms with Gasteiger partial charge in [-0.2, -0.15) is 4.31 Å². The Morgan fingerprint density at radius 1 is 1.00 bits per heavy atom. The molecule has 1 saturated heterocycles. The minimum atomic E-state index is -3.18. The number of hydrogen-bond acceptors (Lipinski definition) is 5. The molecule has 0 bridgehead atoms.